The molecule has 3 nitrogen and oxygen atoms in total. The maximum absolute atomic E-state index is 5.39. The summed E-state index contributed by atoms with van der Waals surface area (Å²) in [6, 6.07) is 8.06. The number of nitrogens with two attached hydrogens (primary N) is 1. The van der Waals surface area contributed by atoms with Crippen LogP contribution < -0.4 is 11.3 Å². The van der Waals surface area contributed by atoms with E-state index in [0.717, 1.165) is 22.3 Å². The van der Waals surface area contributed by atoms with Crippen molar-refractivity contribution in [1.82, 2.24) is 4.98 Å². The van der Waals surface area contributed by atoms with Crippen LogP contribution in [0.4, 0.5) is 5.69 Å². The molecule has 1 aromatic heterocycles. The summed E-state index contributed by atoms with van der Waals surface area (Å²) in [5, 5.41) is 1.14. The zero-order chi connectivity index (χ0) is 8.55. The third kappa shape index (κ3) is 0.871. The van der Waals surface area contributed by atoms with E-state index in [1.807, 2.05) is 31.2 Å². The molecule has 0 aliphatic rings. The monoisotopic (exact) mass is 161 g/mol. The number of anilines is 1. The first-order valence-corrected chi connectivity index (χ1v) is 3.87. The van der Waals surface area contributed by atoms with Gasteiger partial charge in [-0.05, 0) is 13.0 Å². The Morgan fingerprint density at radius 2 is 2.08 bits per heavy atom. The van der Waals surface area contributed by atoms with Crippen molar-refractivity contribution in [2.24, 2.45) is 5.84 Å². The van der Waals surface area contributed by atoms with E-state index in [0.29, 0.717) is 0 Å². The van der Waals surface area contributed by atoms with Crippen LogP contribution in [0.3, 0.4) is 0 Å². The molecular weight excluding hydrogens is 150 g/mol. The molecule has 62 valence electrons. The Balaban J connectivity index is 2.81. The summed E-state index contributed by atoms with van der Waals surface area (Å²) in [7, 11) is 0. The minimum absolute atomic E-state index is 0.977. The van der Waals surface area contributed by atoms with Crippen molar-refractivity contribution in [3.05, 3.63) is 30.0 Å². The number of nitrogen functional groups attached to an aromatic ring is 1. The first-order chi connectivity index (χ1) is 5.83. The summed E-state index contributed by atoms with van der Waals surface area (Å²) in [6.45, 7) is 2.00. The number of H-pyrrole nitrogens is 1. The van der Waals surface area contributed by atoms with E-state index in [-0.39, 0.29) is 0 Å². The lowest BCUT2D eigenvalue weighted by Crippen LogP contribution is -2.06. The van der Waals surface area contributed by atoms with Crippen LogP contribution in [0.1, 0.15) is 5.69 Å². The molecule has 0 amide bonds. The normalized spacial score (nSPS) is 10.5. The van der Waals surface area contributed by atoms with Crippen molar-refractivity contribution in [3.63, 3.8) is 0 Å². The zero-order valence-electron chi connectivity index (χ0n) is 6.89. The van der Waals surface area contributed by atoms with Crippen molar-refractivity contribution in [2.45, 2.75) is 6.92 Å². The number of para-hydroxylation sites is 1. The molecule has 0 aliphatic carbocycles. The van der Waals surface area contributed by atoms with Crippen LogP contribution >= 0.6 is 0 Å². The minimum atomic E-state index is 0.977. The molecule has 0 saturated heterocycles. The summed E-state index contributed by atoms with van der Waals surface area (Å²) in [5.41, 5.74) is 5.85. The number of aromatic amines is 1. The fraction of sp³-hybridized carbons (Fsp3) is 0.111. The number of aryl methyl sites for hydroxylation is 1. The fourth-order valence-corrected chi connectivity index (χ4v) is 1.46. The fourth-order valence-electron chi connectivity index (χ4n) is 1.46. The van der Waals surface area contributed by atoms with Gasteiger partial charge in [0.25, 0.3) is 0 Å². The molecule has 3 heteroatoms. The highest BCUT2D eigenvalue weighted by atomic mass is 15.2. The molecule has 0 bridgehead atoms. The van der Waals surface area contributed by atoms with Crippen LogP contribution in [0.25, 0.3) is 10.9 Å². The van der Waals surface area contributed by atoms with Crippen molar-refractivity contribution >= 4 is 16.6 Å². The molecule has 2 rings (SSSR count). The van der Waals surface area contributed by atoms with E-state index in [1.165, 1.54) is 0 Å². The summed E-state index contributed by atoms with van der Waals surface area (Å²) < 4.78 is 0. The average Bonchev–Trinajstić information content (AvgIpc) is 2.40. The number of hydrazine groups is 1. The first-order valence-electron chi connectivity index (χ1n) is 3.87. The average molecular weight is 161 g/mol. The summed E-state index contributed by atoms with van der Waals surface area (Å²) >= 11 is 0. The van der Waals surface area contributed by atoms with Gasteiger partial charge in [0, 0.05) is 16.6 Å². The molecule has 0 fully saturated rings. The van der Waals surface area contributed by atoms with Gasteiger partial charge >= 0.3 is 0 Å². The molecule has 0 unspecified atom stereocenters. The van der Waals surface area contributed by atoms with Crippen molar-refractivity contribution in [1.29, 1.82) is 0 Å². The highest BCUT2D eigenvalue weighted by Crippen LogP contribution is 2.25. The van der Waals surface area contributed by atoms with Crippen molar-refractivity contribution in [3.8, 4) is 0 Å². The number of hydrogen-bond donors (Lipinski definition) is 3. The van der Waals surface area contributed by atoms with Gasteiger partial charge in [0.1, 0.15) is 0 Å². The van der Waals surface area contributed by atoms with Crippen LogP contribution in [0.5, 0.6) is 0 Å². The molecule has 2 aromatic rings. The predicted molar refractivity (Wildman–Crippen MR) is 50.8 cm³/mol. The topological polar surface area (TPSA) is 53.8 Å². The predicted octanol–water partition coefficient (Wildman–Crippen LogP) is 1.76. The third-order valence-corrected chi connectivity index (χ3v) is 2.04. The second-order valence-electron chi connectivity index (χ2n) is 2.81. The molecule has 0 spiro atoms. The maximum atomic E-state index is 5.39. The van der Waals surface area contributed by atoms with Gasteiger partial charge in [0.15, 0.2) is 0 Å². The lowest BCUT2D eigenvalue weighted by atomic mass is 10.2. The Bertz CT molecular complexity index is 403. The Morgan fingerprint density at radius 3 is 2.83 bits per heavy atom. The standard InChI is InChI=1S/C9H11N3/c1-6-9(12-10)7-4-2-3-5-8(7)11-6/h2-5,11-12H,10H2,1H3. The van der Waals surface area contributed by atoms with Gasteiger partial charge in [-0.2, -0.15) is 0 Å². The molecule has 0 aliphatic heterocycles. The number of aromatic nitrogens is 1. The quantitative estimate of drug-likeness (QED) is 0.441. The Labute approximate surface area is 70.5 Å². The van der Waals surface area contributed by atoms with E-state index >= 15 is 0 Å². The second-order valence-corrected chi connectivity index (χ2v) is 2.81. The van der Waals surface area contributed by atoms with Gasteiger partial charge in [-0.15, -0.1) is 0 Å². The molecule has 12 heavy (non-hydrogen) atoms. The lowest BCUT2D eigenvalue weighted by molar-refractivity contribution is 1.26. The largest absolute Gasteiger partial charge is 0.357 e. The molecule has 1 heterocycles. The van der Waals surface area contributed by atoms with Gasteiger partial charge in [0.2, 0.25) is 0 Å². The first kappa shape index (κ1) is 7.18. The lowest BCUT2D eigenvalue weighted by Gasteiger charge is -1.96. The number of benzene rings is 1. The molecule has 0 saturated carbocycles. The summed E-state index contributed by atoms with van der Waals surface area (Å²) in [5.74, 6) is 5.39. The zero-order valence-corrected chi connectivity index (χ0v) is 6.89. The van der Waals surface area contributed by atoms with E-state index < -0.39 is 0 Å². The second kappa shape index (κ2) is 2.53. The Kier molecular flexibility index (Phi) is 1.52. The summed E-state index contributed by atoms with van der Waals surface area (Å²) in [6.07, 6.45) is 0. The van der Waals surface area contributed by atoms with Gasteiger partial charge in [-0.25, -0.2) is 0 Å². The van der Waals surface area contributed by atoms with Crippen LogP contribution in [0.2, 0.25) is 0 Å². The van der Waals surface area contributed by atoms with Crippen LogP contribution in [0, 0.1) is 6.92 Å². The number of rotatable bonds is 1. The molecular formula is C9H11N3. The van der Waals surface area contributed by atoms with Gasteiger partial charge in [-0.3, -0.25) is 5.84 Å². The van der Waals surface area contributed by atoms with Gasteiger partial charge < -0.3 is 10.4 Å². The van der Waals surface area contributed by atoms with Gasteiger partial charge in [0.05, 0.1) is 5.69 Å². The molecule has 1 aromatic carbocycles. The highest BCUT2D eigenvalue weighted by Gasteiger charge is 2.04. The Hall–Kier alpha value is -1.48. The third-order valence-electron chi connectivity index (χ3n) is 2.04. The molecule has 0 atom stereocenters. The van der Waals surface area contributed by atoms with Crippen LogP contribution in [0.15, 0.2) is 24.3 Å². The van der Waals surface area contributed by atoms with E-state index in [2.05, 4.69) is 10.4 Å². The Morgan fingerprint density at radius 1 is 1.33 bits per heavy atom. The van der Waals surface area contributed by atoms with E-state index in [9.17, 15) is 0 Å². The molecule has 0 radical (unpaired) electrons. The minimum Gasteiger partial charge on any atom is -0.357 e. The van der Waals surface area contributed by atoms with E-state index in [4.69, 9.17) is 5.84 Å². The number of nitrogens with one attached hydrogen (secondary N) is 2. The smallest absolute Gasteiger partial charge is 0.0770 e. The number of hydrogen-bond acceptors (Lipinski definition) is 2. The van der Waals surface area contributed by atoms with Crippen LogP contribution in [-0.4, -0.2) is 4.98 Å². The highest BCUT2D eigenvalue weighted by molar-refractivity contribution is 5.93. The van der Waals surface area contributed by atoms with Gasteiger partial charge in [-0.1, -0.05) is 18.2 Å². The van der Waals surface area contributed by atoms with Crippen molar-refractivity contribution < 1.29 is 0 Å². The maximum Gasteiger partial charge on any atom is 0.0770 e. The van der Waals surface area contributed by atoms with Crippen LogP contribution in [-0.2, 0) is 0 Å². The number of fused-ring (bicyclic) bond motifs is 1. The summed E-state index contributed by atoms with van der Waals surface area (Å²) in [4.78, 5) is 3.24. The van der Waals surface area contributed by atoms with E-state index in [1.54, 1.807) is 0 Å². The van der Waals surface area contributed by atoms with Crippen molar-refractivity contribution in [2.75, 3.05) is 5.43 Å². The molecule has 4 N–H and O–H groups in total. The SMILES string of the molecule is Cc1[nH]c2ccccc2c1NN.